The Morgan fingerprint density at radius 2 is 2.06 bits per heavy atom. The zero-order chi connectivity index (χ0) is 22.4. The van der Waals surface area contributed by atoms with Crippen molar-refractivity contribution < 1.29 is 14.7 Å². The van der Waals surface area contributed by atoms with Crippen molar-refractivity contribution in [3.05, 3.63) is 65.1 Å². The van der Waals surface area contributed by atoms with Gasteiger partial charge in [0.2, 0.25) is 5.91 Å². The summed E-state index contributed by atoms with van der Waals surface area (Å²) in [6, 6.07) is 12.2. The number of amides is 1. The Balaban J connectivity index is 0.000000858. The number of nitrogens with two attached hydrogens (primary N) is 1. The van der Waals surface area contributed by atoms with Gasteiger partial charge in [-0.1, -0.05) is 30.3 Å². The van der Waals surface area contributed by atoms with Crippen molar-refractivity contribution in [1.29, 1.82) is 5.26 Å². The fourth-order valence-corrected chi connectivity index (χ4v) is 3.63. The molecule has 9 heteroatoms. The second-order valence-corrected chi connectivity index (χ2v) is 6.99. The van der Waals surface area contributed by atoms with E-state index in [0.717, 1.165) is 27.9 Å². The van der Waals surface area contributed by atoms with E-state index in [9.17, 15) is 10.1 Å². The summed E-state index contributed by atoms with van der Waals surface area (Å²) in [7, 11) is 0. The van der Waals surface area contributed by atoms with Crippen LogP contribution in [0.4, 0.5) is 5.82 Å². The lowest BCUT2D eigenvalue weighted by atomic mass is 9.92. The van der Waals surface area contributed by atoms with Crippen molar-refractivity contribution in [1.82, 2.24) is 19.7 Å². The van der Waals surface area contributed by atoms with Crippen LogP contribution >= 0.6 is 0 Å². The third-order valence-corrected chi connectivity index (χ3v) is 5.05. The smallest absolute Gasteiger partial charge is 0.290 e. The van der Waals surface area contributed by atoms with Gasteiger partial charge in [0.1, 0.15) is 17.5 Å². The van der Waals surface area contributed by atoms with E-state index in [1.54, 1.807) is 18.0 Å². The van der Waals surface area contributed by atoms with Crippen LogP contribution in [0.25, 0.3) is 11.1 Å². The highest BCUT2D eigenvalue weighted by Crippen LogP contribution is 2.35. The number of hydrogen-bond acceptors (Lipinski definition) is 6. The summed E-state index contributed by atoms with van der Waals surface area (Å²) in [4.78, 5) is 26.4. The van der Waals surface area contributed by atoms with Gasteiger partial charge in [0, 0.05) is 49.3 Å². The average molecular weight is 418 g/mol. The topological polar surface area (TPSA) is 138 Å². The van der Waals surface area contributed by atoms with E-state index in [-0.39, 0.29) is 18.2 Å². The van der Waals surface area contributed by atoms with Crippen LogP contribution in [0.3, 0.4) is 0 Å². The van der Waals surface area contributed by atoms with E-state index in [0.29, 0.717) is 31.6 Å². The predicted octanol–water partition coefficient (Wildman–Crippen LogP) is 2.05. The third kappa shape index (κ3) is 4.70. The van der Waals surface area contributed by atoms with Gasteiger partial charge >= 0.3 is 0 Å². The molecule has 1 aliphatic rings. The highest BCUT2D eigenvalue weighted by atomic mass is 16.3. The molecule has 0 atom stereocenters. The fourth-order valence-electron chi connectivity index (χ4n) is 3.63. The van der Waals surface area contributed by atoms with Crippen LogP contribution in [0.15, 0.2) is 42.7 Å². The van der Waals surface area contributed by atoms with Gasteiger partial charge in [-0.25, -0.2) is 4.98 Å². The SMILES string of the molecule is CC(=O)N1CCc2nc(N)c(C#N)c(-c3cnn(Cc4ccccc4)c3)c2C1.O=CO. The molecule has 3 N–H and O–H groups in total. The lowest BCUT2D eigenvalue weighted by Gasteiger charge is -2.29. The maximum atomic E-state index is 11.9. The van der Waals surface area contributed by atoms with Gasteiger partial charge in [-0.15, -0.1) is 0 Å². The molecule has 0 saturated carbocycles. The van der Waals surface area contributed by atoms with Crippen LogP contribution in [-0.2, 0) is 29.1 Å². The molecule has 1 aliphatic heterocycles. The Morgan fingerprint density at radius 3 is 2.71 bits per heavy atom. The van der Waals surface area contributed by atoms with Crippen LogP contribution in [0.1, 0.15) is 29.3 Å². The van der Waals surface area contributed by atoms with Gasteiger partial charge in [0.05, 0.1) is 18.4 Å². The summed E-state index contributed by atoms with van der Waals surface area (Å²) < 4.78 is 1.83. The van der Waals surface area contributed by atoms with Crippen molar-refractivity contribution in [2.75, 3.05) is 12.3 Å². The number of nitrogens with zero attached hydrogens (tertiary/aromatic N) is 5. The van der Waals surface area contributed by atoms with Gasteiger partial charge in [-0.2, -0.15) is 10.4 Å². The van der Waals surface area contributed by atoms with Gasteiger partial charge in [0.25, 0.3) is 6.47 Å². The number of aromatic nitrogens is 3. The number of carbonyl (C=O) groups excluding carboxylic acids is 1. The molecule has 0 saturated heterocycles. The van der Waals surface area contributed by atoms with Crippen molar-refractivity contribution in [2.45, 2.75) is 26.4 Å². The molecule has 0 radical (unpaired) electrons. The summed E-state index contributed by atoms with van der Waals surface area (Å²) in [6.07, 6.45) is 4.27. The number of rotatable bonds is 3. The number of anilines is 1. The number of carboxylic acid groups (broad SMARTS) is 1. The van der Waals surface area contributed by atoms with Crippen molar-refractivity contribution in [3.63, 3.8) is 0 Å². The summed E-state index contributed by atoms with van der Waals surface area (Å²) >= 11 is 0. The first kappa shape index (κ1) is 21.5. The summed E-state index contributed by atoms with van der Waals surface area (Å²) in [5.74, 6) is 0.232. The molecule has 0 fully saturated rings. The van der Waals surface area contributed by atoms with Crippen LogP contribution in [0.2, 0.25) is 0 Å². The highest BCUT2D eigenvalue weighted by Gasteiger charge is 2.26. The number of pyridine rings is 1. The van der Waals surface area contributed by atoms with E-state index in [2.05, 4.69) is 16.2 Å². The Hall–Kier alpha value is -4.19. The maximum Gasteiger partial charge on any atom is 0.290 e. The average Bonchev–Trinajstić information content (AvgIpc) is 3.21. The molecule has 1 aromatic carbocycles. The van der Waals surface area contributed by atoms with Crippen molar-refractivity contribution >= 4 is 18.2 Å². The number of fused-ring (bicyclic) bond motifs is 1. The first-order valence-corrected chi connectivity index (χ1v) is 9.59. The number of hydrogen-bond donors (Lipinski definition) is 2. The molecule has 0 spiro atoms. The number of nitrogen functional groups attached to an aromatic ring is 1. The van der Waals surface area contributed by atoms with Gasteiger partial charge in [-0.3, -0.25) is 14.3 Å². The number of nitriles is 1. The van der Waals surface area contributed by atoms with Crippen LogP contribution < -0.4 is 5.73 Å². The molecule has 4 rings (SSSR count). The third-order valence-electron chi connectivity index (χ3n) is 5.05. The summed E-state index contributed by atoms with van der Waals surface area (Å²) in [6.45, 7) is 2.96. The maximum absolute atomic E-state index is 11.9. The quantitative estimate of drug-likeness (QED) is 0.621. The van der Waals surface area contributed by atoms with E-state index in [1.165, 1.54) is 0 Å². The van der Waals surface area contributed by atoms with Crippen molar-refractivity contribution in [3.8, 4) is 17.2 Å². The predicted molar refractivity (Wildman–Crippen MR) is 114 cm³/mol. The zero-order valence-electron chi connectivity index (χ0n) is 17.0. The number of carbonyl (C=O) groups is 2. The van der Waals surface area contributed by atoms with Crippen LogP contribution in [0, 0.1) is 11.3 Å². The first-order chi connectivity index (χ1) is 15.0. The van der Waals surface area contributed by atoms with Crippen LogP contribution in [-0.4, -0.2) is 43.7 Å². The second kappa shape index (κ2) is 9.54. The molecule has 2 aromatic heterocycles. The highest BCUT2D eigenvalue weighted by molar-refractivity contribution is 5.80. The molecule has 0 aliphatic carbocycles. The molecule has 1 amide bonds. The molecular formula is C22H22N6O3. The lowest BCUT2D eigenvalue weighted by Crippen LogP contribution is -2.35. The standard InChI is InChI=1S/C21H20N6O.CH2O2/c1-14(28)26-8-7-19-18(13-26)20(17(9-22)21(23)25-19)16-10-24-27(12-16)11-15-5-3-2-4-6-15;2-1-3/h2-6,10,12H,7-8,11,13H2,1H3,(H2,23,25);1H,(H,2,3). The second-order valence-electron chi connectivity index (χ2n) is 6.99. The molecule has 158 valence electrons. The fraction of sp³-hybridized carbons (Fsp3) is 0.227. The first-order valence-electron chi connectivity index (χ1n) is 9.59. The van der Waals surface area contributed by atoms with Crippen molar-refractivity contribution in [2.24, 2.45) is 0 Å². The minimum absolute atomic E-state index is 0.00621. The molecule has 0 bridgehead atoms. The largest absolute Gasteiger partial charge is 0.483 e. The van der Waals surface area contributed by atoms with Crippen LogP contribution in [0.5, 0.6) is 0 Å². The summed E-state index contributed by atoms with van der Waals surface area (Å²) in [5.41, 5.74) is 10.8. The van der Waals surface area contributed by atoms with E-state index >= 15 is 0 Å². The molecule has 9 nitrogen and oxygen atoms in total. The van der Waals surface area contributed by atoms with E-state index in [1.807, 2.05) is 41.2 Å². The normalized spacial score (nSPS) is 12.2. The van der Waals surface area contributed by atoms with Gasteiger partial charge in [-0.05, 0) is 5.56 Å². The molecule has 31 heavy (non-hydrogen) atoms. The molecule has 3 heterocycles. The molecule has 0 unspecified atom stereocenters. The minimum atomic E-state index is -0.250. The minimum Gasteiger partial charge on any atom is -0.483 e. The van der Waals surface area contributed by atoms with E-state index < -0.39 is 0 Å². The number of benzene rings is 1. The zero-order valence-corrected chi connectivity index (χ0v) is 17.0. The van der Waals surface area contributed by atoms with E-state index in [4.69, 9.17) is 15.6 Å². The van der Waals surface area contributed by atoms with Gasteiger partial charge < -0.3 is 15.7 Å². The van der Waals surface area contributed by atoms with Gasteiger partial charge in [0.15, 0.2) is 0 Å². The molecule has 3 aromatic rings. The molecular weight excluding hydrogens is 396 g/mol. The Kier molecular flexibility index (Phi) is 6.62. The summed E-state index contributed by atoms with van der Waals surface area (Å²) in [5, 5.41) is 21.1. The lowest BCUT2D eigenvalue weighted by molar-refractivity contribution is -0.129. The Labute approximate surface area is 179 Å². The Bertz CT molecular complexity index is 1130. The monoisotopic (exact) mass is 418 g/mol. The Morgan fingerprint density at radius 1 is 1.35 bits per heavy atom.